The van der Waals surface area contributed by atoms with Crippen LogP contribution in [-0.2, 0) is 0 Å². The molecule has 0 radical (unpaired) electrons. The van der Waals surface area contributed by atoms with Crippen LogP contribution in [0.1, 0.15) is 0 Å². The van der Waals surface area contributed by atoms with Crippen LogP contribution >= 0.6 is 15.9 Å². The third-order valence-electron chi connectivity index (χ3n) is 0.930. The molecule has 0 atom stereocenters. The van der Waals surface area contributed by atoms with E-state index in [2.05, 4.69) is 15.9 Å². The molecule has 10 heavy (non-hydrogen) atoms. The maximum Gasteiger partial charge on any atom is 0.0982 e. The summed E-state index contributed by atoms with van der Waals surface area (Å²) in [5.41, 5.74) is 10.8. The van der Waals surface area contributed by atoms with Gasteiger partial charge < -0.3 is 16.4 Å². The first-order valence-electron chi connectivity index (χ1n) is 2.80. The quantitative estimate of drug-likeness (QED) is 0.512. The molecule has 0 fully saturated rings. The molecule has 0 aromatic heterocycles. The molecule has 0 amide bonds. The zero-order valence-electron chi connectivity index (χ0n) is 6.13. The molecule has 0 aromatic rings. The van der Waals surface area contributed by atoms with Gasteiger partial charge in [-0.15, -0.1) is 0 Å². The Kier molecular flexibility index (Phi) is 3.95. The van der Waals surface area contributed by atoms with Crippen molar-refractivity contribution >= 4 is 15.9 Å². The largest absolute Gasteiger partial charge is 0.393 e. The number of nitrogens with two attached hydrogens (primary N) is 2. The molecule has 0 unspecified atom stereocenters. The van der Waals surface area contributed by atoms with E-state index >= 15 is 0 Å². The van der Waals surface area contributed by atoms with Gasteiger partial charge in [-0.2, -0.15) is 0 Å². The van der Waals surface area contributed by atoms with Crippen LogP contribution in [0.4, 0.5) is 0 Å². The van der Waals surface area contributed by atoms with E-state index in [9.17, 15) is 0 Å². The maximum atomic E-state index is 5.53. The lowest BCUT2D eigenvalue weighted by atomic mass is 10.5. The second-order valence-corrected chi connectivity index (χ2v) is 2.95. The summed E-state index contributed by atoms with van der Waals surface area (Å²) in [6.07, 6.45) is 3.42. The van der Waals surface area contributed by atoms with Crippen LogP contribution in [0.5, 0.6) is 0 Å². The molecule has 0 aliphatic heterocycles. The van der Waals surface area contributed by atoms with Crippen LogP contribution in [0, 0.1) is 0 Å². The first-order chi connectivity index (χ1) is 4.54. The fourth-order valence-electron chi connectivity index (χ4n) is 0.314. The van der Waals surface area contributed by atoms with E-state index in [-0.39, 0.29) is 0 Å². The van der Waals surface area contributed by atoms with Gasteiger partial charge in [0, 0.05) is 14.1 Å². The summed E-state index contributed by atoms with van der Waals surface area (Å²) < 4.78 is 0.567. The van der Waals surface area contributed by atoms with Crippen molar-refractivity contribution in [2.24, 2.45) is 11.5 Å². The average molecular weight is 206 g/mol. The minimum atomic E-state index is 0.567. The van der Waals surface area contributed by atoms with Gasteiger partial charge in [-0.05, 0) is 28.1 Å². The molecule has 58 valence electrons. The van der Waals surface area contributed by atoms with E-state index in [1.165, 1.54) is 0 Å². The Balaban J connectivity index is 4.05. The van der Waals surface area contributed by atoms with Crippen molar-refractivity contribution < 1.29 is 0 Å². The van der Waals surface area contributed by atoms with Gasteiger partial charge in [-0.1, -0.05) is 0 Å². The maximum absolute atomic E-state index is 5.53. The fourth-order valence-corrected chi connectivity index (χ4v) is 0.446. The Labute approximate surface area is 69.5 Å². The first kappa shape index (κ1) is 9.36. The molecule has 3 nitrogen and oxygen atoms in total. The lowest BCUT2D eigenvalue weighted by molar-refractivity contribution is 0.506. The minimum Gasteiger partial charge on any atom is -0.393 e. The number of hydrogen-bond acceptors (Lipinski definition) is 3. The minimum absolute atomic E-state index is 0.567. The van der Waals surface area contributed by atoms with Gasteiger partial charge in [0.25, 0.3) is 0 Å². The van der Waals surface area contributed by atoms with Crippen molar-refractivity contribution in [2.45, 2.75) is 0 Å². The molecular weight excluding hydrogens is 194 g/mol. The fraction of sp³-hybridized carbons (Fsp3) is 0.333. The topological polar surface area (TPSA) is 55.3 Å². The second-order valence-electron chi connectivity index (χ2n) is 2.04. The van der Waals surface area contributed by atoms with Gasteiger partial charge in [-0.25, -0.2) is 0 Å². The van der Waals surface area contributed by atoms with Crippen LogP contribution in [0.3, 0.4) is 0 Å². The average Bonchev–Trinajstić information content (AvgIpc) is 1.82. The van der Waals surface area contributed by atoms with E-state index in [0.717, 1.165) is 0 Å². The normalized spacial score (nSPS) is 13.5. The van der Waals surface area contributed by atoms with Gasteiger partial charge in [0.1, 0.15) is 0 Å². The molecule has 0 bridgehead atoms. The smallest absolute Gasteiger partial charge is 0.0982 e. The third-order valence-corrected chi connectivity index (χ3v) is 1.19. The highest BCUT2D eigenvalue weighted by atomic mass is 79.9. The van der Waals surface area contributed by atoms with Crippen LogP contribution in [0.2, 0.25) is 0 Å². The van der Waals surface area contributed by atoms with E-state index in [1.807, 2.05) is 14.1 Å². The summed E-state index contributed by atoms with van der Waals surface area (Å²) in [4.78, 5) is 1.80. The van der Waals surface area contributed by atoms with Crippen LogP contribution in [0.15, 0.2) is 22.6 Å². The van der Waals surface area contributed by atoms with Gasteiger partial charge >= 0.3 is 0 Å². The predicted octanol–water partition coefficient (Wildman–Crippen LogP) is 0.543. The molecule has 4 heteroatoms. The standard InChI is InChI=1S/C6H12BrN3/c1-10(2)6(9)4-3-5(7)8/h3-4H,8-9H2,1-2H3/b5-3-,6-4+. The summed E-state index contributed by atoms with van der Waals surface area (Å²) in [7, 11) is 3.73. The molecule has 0 aliphatic rings. The number of hydrogen-bond donors (Lipinski definition) is 2. The molecule has 4 N–H and O–H groups in total. The van der Waals surface area contributed by atoms with Gasteiger partial charge in [0.05, 0.1) is 10.4 Å². The van der Waals surface area contributed by atoms with Crippen molar-refractivity contribution in [1.29, 1.82) is 0 Å². The zero-order chi connectivity index (χ0) is 8.15. The first-order valence-corrected chi connectivity index (χ1v) is 3.59. The van der Waals surface area contributed by atoms with Crippen LogP contribution < -0.4 is 11.5 Å². The second kappa shape index (κ2) is 4.22. The summed E-state index contributed by atoms with van der Waals surface area (Å²) in [5, 5.41) is 0. The summed E-state index contributed by atoms with van der Waals surface area (Å²) in [6.45, 7) is 0. The highest BCUT2D eigenvalue weighted by Crippen LogP contribution is 1.96. The molecule has 0 spiro atoms. The number of allylic oxidation sites excluding steroid dienone is 2. The van der Waals surface area contributed by atoms with Gasteiger partial charge in [-0.3, -0.25) is 0 Å². The van der Waals surface area contributed by atoms with E-state index < -0.39 is 0 Å². The van der Waals surface area contributed by atoms with Crippen molar-refractivity contribution in [3.8, 4) is 0 Å². The lowest BCUT2D eigenvalue weighted by Gasteiger charge is -2.10. The molecule has 0 aliphatic carbocycles. The molecular formula is C6H12BrN3. The molecule has 0 rings (SSSR count). The van der Waals surface area contributed by atoms with E-state index in [1.54, 1.807) is 17.1 Å². The molecule has 0 heterocycles. The highest BCUT2D eigenvalue weighted by molar-refractivity contribution is 9.11. The SMILES string of the molecule is CN(C)/C(N)=C/C=C(\N)Br. The van der Waals surface area contributed by atoms with Crippen molar-refractivity contribution in [2.75, 3.05) is 14.1 Å². The van der Waals surface area contributed by atoms with Crippen molar-refractivity contribution in [3.05, 3.63) is 22.6 Å². The molecule has 0 saturated carbocycles. The van der Waals surface area contributed by atoms with Crippen molar-refractivity contribution in [1.82, 2.24) is 4.90 Å². The van der Waals surface area contributed by atoms with Gasteiger partial charge in [0.2, 0.25) is 0 Å². The predicted molar refractivity (Wildman–Crippen MR) is 47.2 cm³/mol. The van der Waals surface area contributed by atoms with Gasteiger partial charge in [0.15, 0.2) is 0 Å². The Morgan fingerprint density at radius 1 is 1.30 bits per heavy atom. The molecule has 0 aromatic carbocycles. The third kappa shape index (κ3) is 4.26. The number of halogens is 1. The zero-order valence-corrected chi connectivity index (χ0v) is 7.72. The summed E-state index contributed by atoms with van der Waals surface area (Å²) in [5.74, 6) is 0.669. The molecule has 0 saturated heterocycles. The lowest BCUT2D eigenvalue weighted by Crippen LogP contribution is -2.17. The number of nitrogens with zero attached hydrogens (tertiary/aromatic N) is 1. The van der Waals surface area contributed by atoms with Crippen LogP contribution in [-0.4, -0.2) is 19.0 Å². The Bertz CT molecular complexity index is 156. The summed E-state index contributed by atoms with van der Waals surface area (Å²) in [6, 6.07) is 0. The Hall–Kier alpha value is -0.640. The van der Waals surface area contributed by atoms with Crippen LogP contribution in [0.25, 0.3) is 0 Å². The van der Waals surface area contributed by atoms with Crippen molar-refractivity contribution in [3.63, 3.8) is 0 Å². The number of rotatable bonds is 2. The monoisotopic (exact) mass is 205 g/mol. The highest BCUT2D eigenvalue weighted by Gasteiger charge is 1.87. The Morgan fingerprint density at radius 3 is 2.10 bits per heavy atom. The van der Waals surface area contributed by atoms with E-state index in [4.69, 9.17) is 11.5 Å². The Morgan fingerprint density at radius 2 is 1.80 bits per heavy atom. The van der Waals surface area contributed by atoms with E-state index in [0.29, 0.717) is 10.4 Å². The summed E-state index contributed by atoms with van der Waals surface area (Å²) >= 11 is 3.07.